The van der Waals surface area contributed by atoms with E-state index in [0.717, 1.165) is 30.5 Å². The van der Waals surface area contributed by atoms with Crippen LogP contribution in [0, 0.1) is 0 Å². The van der Waals surface area contributed by atoms with E-state index in [1.165, 1.54) is 83.1 Å². The molecule has 0 bridgehead atoms. The molecule has 0 fully saturated rings. The van der Waals surface area contributed by atoms with Gasteiger partial charge in [0.15, 0.2) is 0 Å². The third kappa shape index (κ3) is 10.1. The number of para-hydroxylation sites is 2. The van der Waals surface area contributed by atoms with Gasteiger partial charge >= 0.3 is 0 Å². The number of rotatable bonds is 9. The SMILES string of the molecule is C=C/C=C\C(=C/C)c1ccc(-n2c3ccccc3c3cc(-c4ccc5c(c4)[nH]c4ccccc45)c4ccccc4c32)cc1.C=CCC/C=C\C.CCC.CCc1ccccc1. The van der Waals surface area contributed by atoms with Crippen LogP contribution in [0.5, 0.6) is 0 Å². The molecule has 0 saturated heterocycles. The minimum atomic E-state index is 1.10. The van der Waals surface area contributed by atoms with Crippen LogP contribution in [0.2, 0.25) is 0 Å². The largest absolute Gasteiger partial charge is 0.354 e. The summed E-state index contributed by atoms with van der Waals surface area (Å²) in [5.74, 6) is 0. The van der Waals surface area contributed by atoms with Gasteiger partial charge in [-0.2, -0.15) is 0 Å². The third-order valence-electron chi connectivity index (χ3n) is 10.7. The average molecular weight is 797 g/mol. The molecule has 2 heteroatoms. The minimum Gasteiger partial charge on any atom is -0.354 e. The van der Waals surface area contributed by atoms with Crippen LogP contribution in [0.25, 0.3) is 76.8 Å². The highest BCUT2D eigenvalue weighted by Gasteiger charge is 2.18. The maximum absolute atomic E-state index is 3.82. The lowest BCUT2D eigenvalue weighted by atomic mass is 9.94. The molecule has 0 aliphatic rings. The van der Waals surface area contributed by atoms with Gasteiger partial charge in [0.1, 0.15) is 0 Å². The molecule has 0 radical (unpaired) electrons. The standard InChI is InChI=1S/C41H30N2.C8H10.C7H12.C3H8/c1-3-5-12-27(4-2)28-19-22-30(23-20-28)43-40-18-11-9-15-34(40)37-26-36(31-13-6-7-16-35(31)41(37)43)29-21-24-33-32-14-8-10-17-38(32)42-39(33)25-29;1-2-8-6-4-3-5-7-8;1-3-5-7-6-4-2;1-3-2/h3-26,42H,1H2,2H3;3-7H,2H2,1H3;3-4,6H,1,5,7H2,2H3;3H2,1-2H3/b12-5-,27-4+;;6-4-;. The maximum atomic E-state index is 3.82. The number of fused-ring (bicyclic) bond motifs is 8. The fourth-order valence-electron chi connectivity index (χ4n) is 7.78. The van der Waals surface area contributed by atoms with Gasteiger partial charge in [0.05, 0.1) is 11.0 Å². The summed E-state index contributed by atoms with van der Waals surface area (Å²) in [7, 11) is 0. The van der Waals surface area contributed by atoms with Crippen molar-refractivity contribution in [2.75, 3.05) is 0 Å². The van der Waals surface area contributed by atoms with Crippen molar-refractivity contribution in [1.29, 1.82) is 0 Å². The van der Waals surface area contributed by atoms with Gasteiger partial charge in [-0.15, -0.1) is 6.58 Å². The fraction of sp³-hybridized carbons (Fsp3) is 0.153. The van der Waals surface area contributed by atoms with E-state index in [0.29, 0.717) is 0 Å². The molecule has 0 spiro atoms. The number of aromatic nitrogens is 2. The highest BCUT2D eigenvalue weighted by atomic mass is 15.0. The number of aromatic amines is 1. The third-order valence-corrected chi connectivity index (χ3v) is 10.7. The molecule has 0 atom stereocenters. The van der Waals surface area contributed by atoms with E-state index < -0.39 is 0 Å². The van der Waals surface area contributed by atoms with Gasteiger partial charge in [0, 0.05) is 43.7 Å². The van der Waals surface area contributed by atoms with Crippen molar-refractivity contribution >= 4 is 60.0 Å². The summed E-state index contributed by atoms with van der Waals surface area (Å²) < 4.78 is 2.43. The van der Waals surface area contributed by atoms with Crippen LogP contribution >= 0.6 is 0 Å². The minimum absolute atomic E-state index is 1.10. The Balaban J connectivity index is 0.000000290. The molecule has 9 aromatic rings. The molecule has 306 valence electrons. The fourth-order valence-corrected chi connectivity index (χ4v) is 7.78. The maximum Gasteiger partial charge on any atom is 0.0619 e. The van der Waals surface area contributed by atoms with Crippen molar-refractivity contribution in [2.24, 2.45) is 0 Å². The average Bonchev–Trinajstić information content (AvgIpc) is 3.86. The van der Waals surface area contributed by atoms with Crippen LogP contribution in [0.4, 0.5) is 0 Å². The number of benzene rings is 7. The molecule has 0 aliphatic carbocycles. The zero-order valence-electron chi connectivity index (χ0n) is 36.7. The van der Waals surface area contributed by atoms with Crippen LogP contribution < -0.4 is 0 Å². The summed E-state index contributed by atoms with van der Waals surface area (Å²) in [6.07, 6.45) is 18.8. The molecule has 2 nitrogen and oxygen atoms in total. The summed E-state index contributed by atoms with van der Waals surface area (Å²) in [6, 6.07) is 54.7. The molecule has 0 saturated carbocycles. The Morgan fingerprint density at radius 2 is 1.25 bits per heavy atom. The molecule has 2 heterocycles. The van der Waals surface area contributed by atoms with Gasteiger partial charge in [0.2, 0.25) is 0 Å². The van der Waals surface area contributed by atoms with Gasteiger partial charge in [-0.1, -0.05) is 192 Å². The summed E-state index contributed by atoms with van der Waals surface area (Å²) in [4.78, 5) is 3.64. The smallest absolute Gasteiger partial charge is 0.0619 e. The van der Waals surface area contributed by atoms with E-state index >= 15 is 0 Å². The zero-order chi connectivity index (χ0) is 43.0. The van der Waals surface area contributed by atoms with E-state index in [1.807, 2.05) is 31.2 Å². The predicted molar refractivity (Wildman–Crippen MR) is 272 cm³/mol. The van der Waals surface area contributed by atoms with E-state index in [2.05, 4.69) is 220 Å². The van der Waals surface area contributed by atoms with Crippen molar-refractivity contribution in [3.63, 3.8) is 0 Å². The van der Waals surface area contributed by atoms with Gasteiger partial charge in [-0.3, -0.25) is 0 Å². The first-order valence-electron chi connectivity index (χ1n) is 21.8. The highest BCUT2D eigenvalue weighted by Crippen LogP contribution is 2.42. The van der Waals surface area contributed by atoms with Crippen LogP contribution in [0.1, 0.15) is 65.0 Å². The first-order valence-corrected chi connectivity index (χ1v) is 21.8. The Morgan fingerprint density at radius 1 is 0.607 bits per heavy atom. The predicted octanol–water partition coefficient (Wildman–Crippen LogP) is 17.6. The van der Waals surface area contributed by atoms with Gasteiger partial charge in [-0.05, 0) is 103 Å². The number of nitrogens with one attached hydrogen (secondary N) is 1. The summed E-state index contributed by atoms with van der Waals surface area (Å²) in [6.45, 7) is 17.9. The number of unbranched alkanes of at least 4 members (excludes halogenated alkanes) is 1. The van der Waals surface area contributed by atoms with E-state index in [-0.39, 0.29) is 0 Å². The molecule has 61 heavy (non-hydrogen) atoms. The second-order valence-electron chi connectivity index (χ2n) is 15.0. The molecule has 9 rings (SSSR count). The van der Waals surface area contributed by atoms with Crippen molar-refractivity contribution in [3.05, 3.63) is 218 Å². The molecule has 0 aliphatic heterocycles. The van der Waals surface area contributed by atoms with Gasteiger partial charge in [-0.25, -0.2) is 0 Å². The number of H-pyrrole nitrogens is 1. The molecular weight excluding hydrogens is 737 g/mol. The summed E-state index contributed by atoms with van der Waals surface area (Å²) in [5, 5.41) is 7.52. The van der Waals surface area contributed by atoms with E-state index in [1.54, 1.807) is 0 Å². The number of nitrogens with zero attached hydrogens (tertiary/aromatic N) is 1. The Bertz CT molecular complexity index is 2930. The van der Waals surface area contributed by atoms with Crippen LogP contribution in [-0.4, -0.2) is 9.55 Å². The number of allylic oxidation sites excluding steroid dienone is 8. The lowest BCUT2D eigenvalue weighted by molar-refractivity contribution is 1.05. The Kier molecular flexibility index (Phi) is 15.7. The topological polar surface area (TPSA) is 20.7 Å². The number of aryl methyl sites for hydroxylation is 1. The van der Waals surface area contributed by atoms with Gasteiger partial charge < -0.3 is 9.55 Å². The highest BCUT2D eigenvalue weighted by molar-refractivity contribution is 6.22. The normalized spacial score (nSPS) is 11.4. The van der Waals surface area contributed by atoms with Crippen molar-refractivity contribution in [1.82, 2.24) is 9.55 Å². The quantitative estimate of drug-likeness (QED) is 0.0853. The van der Waals surface area contributed by atoms with Crippen molar-refractivity contribution < 1.29 is 0 Å². The first-order chi connectivity index (χ1) is 30.0. The van der Waals surface area contributed by atoms with E-state index in [9.17, 15) is 0 Å². The van der Waals surface area contributed by atoms with Crippen LogP contribution in [0.15, 0.2) is 207 Å². The van der Waals surface area contributed by atoms with Gasteiger partial charge in [0.25, 0.3) is 0 Å². The lowest BCUT2D eigenvalue weighted by Gasteiger charge is -2.13. The van der Waals surface area contributed by atoms with Crippen LogP contribution in [0.3, 0.4) is 0 Å². The molecule has 1 N–H and O–H groups in total. The second-order valence-corrected chi connectivity index (χ2v) is 15.0. The Labute approximate surface area is 363 Å². The van der Waals surface area contributed by atoms with Crippen LogP contribution in [-0.2, 0) is 6.42 Å². The van der Waals surface area contributed by atoms with Crippen molar-refractivity contribution in [3.8, 4) is 16.8 Å². The molecule has 2 aromatic heterocycles. The molecule has 7 aromatic carbocycles. The molecule has 0 unspecified atom stereocenters. The Hall–Kier alpha value is -6.90. The number of hydrogen-bond donors (Lipinski definition) is 1. The molecular formula is C59H60N2. The van der Waals surface area contributed by atoms with E-state index in [4.69, 9.17) is 0 Å². The lowest BCUT2D eigenvalue weighted by Crippen LogP contribution is -1.95. The second kappa shape index (κ2) is 21.9. The Morgan fingerprint density at radius 3 is 1.90 bits per heavy atom. The zero-order valence-corrected chi connectivity index (χ0v) is 36.7. The molecule has 0 amide bonds. The summed E-state index contributed by atoms with van der Waals surface area (Å²) in [5.41, 5.74) is 12.1. The monoisotopic (exact) mass is 796 g/mol. The van der Waals surface area contributed by atoms with Crippen molar-refractivity contribution in [2.45, 2.75) is 60.3 Å². The number of hydrogen-bond acceptors (Lipinski definition) is 0. The summed E-state index contributed by atoms with van der Waals surface area (Å²) >= 11 is 0. The first kappa shape index (κ1) is 43.7.